The van der Waals surface area contributed by atoms with Crippen molar-refractivity contribution in [3.8, 4) is 0 Å². The normalized spacial score (nSPS) is 15.4. The van der Waals surface area contributed by atoms with Gasteiger partial charge in [0.1, 0.15) is 0 Å². The molecule has 0 rings (SSSR count). The van der Waals surface area contributed by atoms with Crippen LogP contribution >= 0.6 is 33.9 Å². The summed E-state index contributed by atoms with van der Waals surface area (Å²) in [5.74, 6) is -0.131. The fourth-order valence-electron chi connectivity index (χ4n) is 0.150. The van der Waals surface area contributed by atoms with Crippen LogP contribution in [0, 0.1) is 0 Å². The third-order valence-electron chi connectivity index (χ3n) is 0.341. The van der Waals surface area contributed by atoms with E-state index < -0.39 is 14.9 Å². The van der Waals surface area contributed by atoms with E-state index in [9.17, 15) is 8.42 Å². The molecule has 0 saturated carbocycles. The maximum atomic E-state index is 10.0. The zero-order valence-electron chi connectivity index (χ0n) is 4.05. The molecule has 0 fully saturated rings. The second-order valence-electron chi connectivity index (χ2n) is 1.05. The molecule has 0 aliphatic rings. The standard InChI is InChI=1S/C2H3Cl3O3S/c3-1-2(4)8-9(5,6)7/h2H,1H2. The second-order valence-corrected chi connectivity index (χ2v) is 3.96. The van der Waals surface area contributed by atoms with Gasteiger partial charge in [-0.1, -0.05) is 11.6 Å². The van der Waals surface area contributed by atoms with Gasteiger partial charge in [-0.3, -0.25) is 0 Å². The quantitative estimate of drug-likeness (QED) is 0.524. The van der Waals surface area contributed by atoms with Crippen molar-refractivity contribution in [2.24, 2.45) is 0 Å². The Labute approximate surface area is 67.5 Å². The Morgan fingerprint density at radius 1 is 1.56 bits per heavy atom. The van der Waals surface area contributed by atoms with Gasteiger partial charge in [-0.05, 0) is 0 Å². The lowest BCUT2D eigenvalue weighted by atomic mass is 10.9. The summed E-state index contributed by atoms with van der Waals surface area (Å²) in [7, 11) is 0.634. The van der Waals surface area contributed by atoms with Gasteiger partial charge in [-0.2, -0.15) is 8.42 Å². The minimum absolute atomic E-state index is 0.131. The maximum Gasteiger partial charge on any atom is 0.357 e. The fourth-order valence-corrected chi connectivity index (χ4v) is 1.27. The van der Waals surface area contributed by atoms with Crippen LogP contribution in [-0.2, 0) is 13.5 Å². The van der Waals surface area contributed by atoms with Crippen LogP contribution in [0.15, 0.2) is 0 Å². The first kappa shape index (κ1) is 9.78. The third-order valence-corrected chi connectivity index (χ3v) is 1.81. The van der Waals surface area contributed by atoms with Gasteiger partial charge in [0.05, 0.1) is 5.88 Å². The minimum Gasteiger partial charge on any atom is -0.237 e. The van der Waals surface area contributed by atoms with Crippen molar-refractivity contribution < 1.29 is 12.6 Å². The van der Waals surface area contributed by atoms with Crippen molar-refractivity contribution in [2.45, 2.75) is 5.56 Å². The van der Waals surface area contributed by atoms with E-state index in [0.717, 1.165) is 0 Å². The molecule has 0 radical (unpaired) electrons. The molecular formula is C2H3Cl3O3S. The lowest BCUT2D eigenvalue weighted by Crippen LogP contribution is -2.09. The third kappa shape index (κ3) is 6.67. The van der Waals surface area contributed by atoms with Crippen molar-refractivity contribution in [3.63, 3.8) is 0 Å². The summed E-state index contributed by atoms with van der Waals surface area (Å²) < 4.78 is 24.0. The van der Waals surface area contributed by atoms with E-state index in [1.54, 1.807) is 0 Å². The highest BCUT2D eigenvalue weighted by atomic mass is 35.7. The molecule has 0 N–H and O–H groups in total. The van der Waals surface area contributed by atoms with E-state index in [1.165, 1.54) is 0 Å². The lowest BCUT2D eigenvalue weighted by molar-refractivity contribution is 0.316. The molecule has 0 bridgehead atoms. The SMILES string of the molecule is O=S(=O)(Cl)OC(Cl)CCl. The van der Waals surface area contributed by atoms with Crippen molar-refractivity contribution >= 4 is 43.2 Å². The Morgan fingerprint density at radius 2 is 2.00 bits per heavy atom. The number of hydrogen-bond donors (Lipinski definition) is 0. The summed E-state index contributed by atoms with van der Waals surface area (Å²) in [5, 5.41) is 0. The Kier molecular flexibility index (Phi) is 4.16. The Balaban J connectivity index is 3.75. The minimum atomic E-state index is -3.98. The molecule has 0 aliphatic heterocycles. The maximum absolute atomic E-state index is 10.0. The van der Waals surface area contributed by atoms with Crippen LogP contribution in [0.25, 0.3) is 0 Å². The van der Waals surface area contributed by atoms with Crippen LogP contribution in [0.1, 0.15) is 0 Å². The molecule has 0 aromatic heterocycles. The van der Waals surface area contributed by atoms with Gasteiger partial charge < -0.3 is 0 Å². The molecule has 7 heteroatoms. The summed E-state index contributed by atoms with van der Waals surface area (Å²) >= 11 is 10.2. The molecule has 0 heterocycles. The van der Waals surface area contributed by atoms with Crippen molar-refractivity contribution in [1.29, 1.82) is 0 Å². The van der Waals surface area contributed by atoms with Crippen LogP contribution in [0.2, 0.25) is 0 Å². The highest BCUT2D eigenvalue weighted by Gasteiger charge is 2.12. The molecule has 0 amide bonds. The zero-order chi connectivity index (χ0) is 7.49. The van der Waals surface area contributed by atoms with Crippen molar-refractivity contribution in [3.05, 3.63) is 0 Å². The van der Waals surface area contributed by atoms with E-state index in [0.29, 0.717) is 0 Å². The number of alkyl halides is 2. The fraction of sp³-hybridized carbons (Fsp3) is 1.00. The van der Waals surface area contributed by atoms with Gasteiger partial charge in [0.2, 0.25) is 0 Å². The number of rotatable bonds is 3. The molecule has 0 spiro atoms. The highest BCUT2D eigenvalue weighted by Crippen LogP contribution is 2.08. The summed E-state index contributed by atoms with van der Waals surface area (Å²) in [4.78, 5) is 0. The van der Waals surface area contributed by atoms with Crippen LogP contribution in [-0.4, -0.2) is 19.9 Å². The predicted molar refractivity (Wildman–Crippen MR) is 36.2 cm³/mol. The van der Waals surface area contributed by atoms with Gasteiger partial charge in [0, 0.05) is 10.7 Å². The number of halogens is 3. The average molecular weight is 213 g/mol. The molecule has 1 unspecified atom stereocenters. The van der Waals surface area contributed by atoms with Crippen LogP contribution in [0.3, 0.4) is 0 Å². The lowest BCUT2D eigenvalue weighted by Gasteiger charge is -2.00. The molecule has 0 aromatic carbocycles. The largest absolute Gasteiger partial charge is 0.357 e. The molecule has 0 aliphatic carbocycles. The van der Waals surface area contributed by atoms with Gasteiger partial charge >= 0.3 is 9.33 Å². The first-order valence-corrected chi connectivity index (χ1v) is 4.99. The second kappa shape index (κ2) is 3.83. The molecular weight excluding hydrogens is 210 g/mol. The van der Waals surface area contributed by atoms with Crippen molar-refractivity contribution in [2.75, 3.05) is 5.88 Å². The Bertz CT molecular complexity index is 164. The molecule has 9 heavy (non-hydrogen) atoms. The smallest absolute Gasteiger partial charge is 0.237 e. The van der Waals surface area contributed by atoms with Gasteiger partial charge in [-0.15, -0.1) is 11.6 Å². The van der Waals surface area contributed by atoms with Crippen LogP contribution in [0.4, 0.5) is 0 Å². The monoisotopic (exact) mass is 212 g/mol. The van der Waals surface area contributed by atoms with Crippen LogP contribution in [0.5, 0.6) is 0 Å². The molecule has 3 nitrogen and oxygen atoms in total. The number of hydrogen-bond acceptors (Lipinski definition) is 3. The Morgan fingerprint density at radius 3 is 2.11 bits per heavy atom. The Hall–Kier alpha value is 0.780. The highest BCUT2D eigenvalue weighted by molar-refractivity contribution is 8.10. The molecule has 1 atom stereocenters. The molecule has 56 valence electrons. The van der Waals surface area contributed by atoms with E-state index in [2.05, 4.69) is 14.9 Å². The summed E-state index contributed by atoms with van der Waals surface area (Å²) in [6.45, 7) is 0. The van der Waals surface area contributed by atoms with Gasteiger partial charge in [0.25, 0.3) is 0 Å². The van der Waals surface area contributed by atoms with Crippen molar-refractivity contribution in [1.82, 2.24) is 0 Å². The van der Waals surface area contributed by atoms with Crippen LogP contribution < -0.4 is 0 Å². The molecule has 0 saturated heterocycles. The van der Waals surface area contributed by atoms with E-state index in [4.69, 9.17) is 23.2 Å². The first-order chi connectivity index (χ1) is 3.95. The van der Waals surface area contributed by atoms with Gasteiger partial charge in [0.15, 0.2) is 5.56 Å². The van der Waals surface area contributed by atoms with E-state index in [1.807, 2.05) is 0 Å². The topological polar surface area (TPSA) is 43.4 Å². The van der Waals surface area contributed by atoms with E-state index >= 15 is 0 Å². The average Bonchev–Trinajstić information content (AvgIpc) is 1.62. The van der Waals surface area contributed by atoms with E-state index in [-0.39, 0.29) is 5.88 Å². The predicted octanol–water partition coefficient (Wildman–Crippen LogP) is 1.29. The summed E-state index contributed by atoms with van der Waals surface area (Å²) in [6.07, 6.45) is 0. The van der Waals surface area contributed by atoms with Gasteiger partial charge in [-0.25, -0.2) is 4.18 Å². The molecule has 0 aromatic rings. The first-order valence-electron chi connectivity index (χ1n) is 1.78. The summed E-state index contributed by atoms with van der Waals surface area (Å²) in [5.41, 5.74) is -1.09. The summed E-state index contributed by atoms with van der Waals surface area (Å²) in [6, 6.07) is 0. The zero-order valence-corrected chi connectivity index (χ0v) is 7.14.